The van der Waals surface area contributed by atoms with Crippen LogP contribution in [0, 0.1) is 6.92 Å². The van der Waals surface area contributed by atoms with Gasteiger partial charge in [-0.2, -0.15) is 4.58 Å². The zero-order valence-corrected chi connectivity index (χ0v) is 27.8. The minimum Gasteiger partial charge on any atom is -0.347 e. The Balaban J connectivity index is 1.23. The van der Waals surface area contributed by atoms with Crippen molar-refractivity contribution < 1.29 is 4.58 Å². The molecule has 3 heteroatoms. The quantitative estimate of drug-likeness (QED) is 0.213. The standard InChI is InChI=1S/C41H42ClN2/c1-26-25-30-14-9-11-18-32(30)37-39(26)44(7)35(41(37,4)5)24-21-29-16-12-15-28(38(29)42)20-23-34-40(2,3)36-31-17-10-8-13-27(31)19-22-33(36)43(34)6/h8-11,13-14,17-25H,12,15-16H2,1-7H3/q+1. The first-order valence-corrected chi connectivity index (χ1v) is 16.3. The van der Waals surface area contributed by atoms with Gasteiger partial charge < -0.3 is 4.90 Å². The SMILES string of the molecule is Cc1cc2ccccc2c2c1[N+](C)=C(C=CC1=C(Cl)C(=CC=C3N(C)c4ccc5ccccc5c4C3(C)C)CCC1)C2(C)C. The molecular weight excluding hydrogens is 556 g/mol. The zero-order valence-electron chi connectivity index (χ0n) is 27.1. The van der Waals surface area contributed by atoms with Crippen LogP contribution < -0.4 is 4.90 Å². The number of benzene rings is 4. The van der Waals surface area contributed by atoms with Gasteiger partial charge in [0.2, 0.25) is 5.69 Å². The topological polar surface area (TPSA) is 6.25 Å². The van der Waals surface area contributed by atoms with Crippen LogP contribution in [-0.2, 0) is 10.8 Å². The molecule has 0 saturated carbocycles. The number of fused-ring (bicyclic) bond motifs is 6. The third-order valence-electron chi connectivity index (χ3n) is 10.4. The molecular formula is C41H42ClN2+. The van der Waals surface area contributed by atoms with E-state index in [-0.39, 0.29) is 10.8 Å². The monoisotopic (exact) mass is 597 g/mol. The maximum Gasteiger partial charge on any atom is 0.213 e. The second-order valence-corrected chi connectivity index (χ2v) is 14.2. The Morgan fingerprint density at radius 1 is 0.795 bits per heavy atom. The van der Waals surface area contributed by atoms with Crippen molar-refractivity contribution in [3.8, 4) is 0 Å². The number of hydrogen-bond donors (Lipinski definition) is 0. The second-order valence-electron chi connectivity index (χ2n) is 13.8. The largest absolute Gasteiger partial charge is 0.347 e. The highest BCUT2D eigenvalue weighted by Gasteiger charge is 2.45. The van der Waals surface area contributed by atoms with E-state index in [0.29, 0.717) is 0 Å². The van der Waals surface area contributed by atoms with Crippen LogP contribution in [0.1, 0.15) is 63.6 Å². The van der Waals surface area contributed by atoms with Crippen molar-refractivity contribution in [2.45, 2.75) is 64.7 Å². The summed E-state index contributed by atoms with van der Waals surface area (Å²) in [6, 6.07) is 24.4. The average molecular weight is 598 g/mol. The number of likely N-dealkylation sites (N-methyl/N-ethyl adjacent to an activating group) is 1. The molecule has 4 aromatic carbocycles. The third-order valence-corrected chi connectivity index (χ3v) is 10.9. The third kappa shape index (κ3) is 4.25. The Labute approximate surface area is 267 Å². The predicted octanol–water partition coefficient (Wildman–Crippen LogP) is 10.8. The minimum absolute atomic E-state index is 0.109. The van der Waals surface area contributed by atoms with Crippen LogP contribution in [0.5, 0.6) is 0 Å². The van der Waals surface area contributed by atoms with Gasteiger partial charge in [-0.25, -0.2) is 0 Å². The number of halogens is 1. The van der Waals surface area contributed by atoms with Gasteiger partial charge in [0, 0.05) is 46.1 Å². The lowest BCUT2D eigenvalue weighted by Gasteiger charge is -2.25. The van der Waals surface area contributed by atoms with Gasteiger partial charge in [0.1, 0.15) is 7.05 Å². The first kappa shape index (κ1) is 28.9. The molecule has 0 spiro atoms. The number of nitrogens with zero attached hydrogens (tertiary/aromatic N) is 2. The first-order valence-electron chi connectivity index (χ1n) is 15.9. The summed E-state index contributed by atoms with van der Waals surface area (Å²) in [5, 5.41) is 6.19. The summed E-state index contributed by atoms with van der Waals surface area (Å²) in [5.74, 6) is 0. The van der Waals surface area contributed by atoms with E-state index >= 15 is 0 Å². The summed E-state index contributed by atoms with van der Waals surface area (Å²) < 4.78 is 2.39. The van der Waals surface area contributed by atoms with Crippen molar-refractivity contribution in [1.82, 2.24) is 0 Å². The van der Waals surface area contributed by atoms with Crippen LogP contribution in [0.25, 0.3) is 21.5 Å². The van der Waals surface area contributed by atoms with E-state index in [2.05, 4.69) is 149 Å². The normalized spacial score (nSPS) is 21.0. The maximum atomic E-state index is 7.19. The summed E-state index contributed by atoms with van der Waals surface area (Å²) in [6.45, 7) is 11.6. The number of rotatable bonds is 3. The van der Waals surface area contributed by atoms with Crippen molar-refractivity contribution in [2.24, 2.45) is 0 Å². The van der Waals surface area contributed by atoms with Crippen molar-refractivity contribution in [3.63, 3.8) is 0 Å². The molecule has 0 fully saturated rings. The highest BCUT2D eigenvalue weighted by molar-refractivity contribution is 6.32. The van der Waals surface area contributed by atoms with Crippen LogP contribution in [0.3, 0.4) is 0 Å². The molecule has 222 valence electrons. The molecule has 7 rings (SSSR count). The first-order chi connectivity index (χ1) is 21.0. The number of aryl methyl sites for hydroxylation is 1. The van der Waals surface area contributed by atoms with Gasteiger partial charge in [-0.05, 0) is 96.5 Å². The van der Waals surface area contributed by atoms with E-state index in [1.54, 1.807) is 0 Å². The van der Waals surface area contributed by atoms with E-state index in [4.69, 9.17) is 11.6 Å². The molecule has 2 nitrogen and oxygen atoms in total. The van der Waals surface area contributed by atoms with Gasteiger partial charge in [0.05, 0.1) is 5.41 Å². The summed E-state index contributed by atoms with van der Waals surface area (Å²) in [7, 11) is 4.41. The molecule has 44 heavy (non-hydrogen) atoms. The van der Waals surface area contributed by atoms with E-state index in [1.807, 2.05) is 0 Å². The molecule has 1 aliphatic carbocycles. The van der Waals surface area contributed by atoms with E-state index in [1.165, 1.54) is 72.2 Å². The Morgan fingerprint density at radius 2 is 1.48 bits per heavy atom. The molecule has 0 N–H and O–H groups in total. The molecule has 0 radical (unpaired) electrons. The molecule has 0 atom stereocenters. The van der Waals surface area contributed by atoms with Crippen molar-refractivity contribution in [3.05, 3.63) is 130 Å². The van der Waals surface area contributed by atoms with E-state index < -0.39 is 0 Å². The fourth-order valence-corrected chi connectivity index (χ4v) is 8.61. The van der Waals surface area contributed by atoms with Gasteiger partial charge in [-0.1, -0.05) is 92.2 Å². The van der Waals surface area contributed by atoms with Gasteiger partial charge in [-0.15, -0.1) is 0 Å². The lowest BCUT2D eigenvalue weighted by Crippen LogP contribution is -2.27. The van der Waals surface area contributed by atoms with Crippen LogP contribution >= 0.6 is 11.6 Å². The number of anilines is 1. The average Bonchev–Trinajstić information content (AvgIpc) is 3.33. The van der Waals surface area contributed by atoms with E-state index in [0.717, 1.165) is 24.3 Å². The summed E-state index contributed by atoms with van der Waals surface area (Å²) in [5.41, 5.74) is 11.6. The van der Waals surface area contributed by atoms with Crippen LogP contribution in [0.2, 0.25) is 0 Å². The van der Waals surface area contributed by atoms with Crippen LogP contribution in [0.15, 0.2) is 113 Å². The van der Waals surface area contributed by atoms with Crippen molar-refractivity contribution in [2.75, 3.05) is 19.0 Å². The minimum atomic E-state index is -0.116. The Kier molecular flexibility index (Phi) is 6.79. The zero-order chi connectivity index (χ0) is 31.0. The lowest BCUT2D eigenvalue weighted by molar-refractivity contribution is -0.402. The maximum absolute atomic E-state index is 7.19. The van der Waals surface area contributed by atoms with E-state index in [9.17, 15) is 0 Å². The molecule has 0 bridgehead atoms. The van der Waals surface area contributed by atoms with Crippen molar-refractivity contribution >= 4 is 50.2 Å². The Morgan fingerprint density at radius 3 is 2.23 bits per heavy atom. The van der Waals surface area contributed by atoms with Crippen molar-refractivity contribution in [1.29, 1.82) is 0 Å². The van der Waals surface area contributed by atoms with Gasteiger partial charge in [0.25, 0.3) is 0 Å². The molecule has 2 aliphatic heterocycles. The molecule has 3 aliphatic rings. The summed E-state index contributed by atoms with van der Waals surface area (Å²) >= 11 is 7.19. The lowest BCUT2D eigenvalue weighted by atomic mass is 9.78. The molecule has 0 saturated heterocycles. The van der Waals surface area contributed by atoms with Crippen LogP contribution in [0.4, 0.5) is 11.4 Å². The summed E-state index contributed by atoms with van der Waals surface area (Å²) in [4.78, 5) is 2.36. The molecule has 4 aromatic rings. The molecule has 0 unspecified atom stereocenters. The Hall–Kier alpha value is -3.88. The van der Waals surface area contributed by atoms with Gasteiger partial charge >= 0.3 is 0 Å². The Bertz CT molecular complexity index is 2030. The molecule has 2 heterocycles. The highest BCUT2D eigenvalue weighted by atomic mass is 35.5. The highest BCUT2D eigenvalue weighted by Crippen LogP contribution is 2.50. The second kappa shape index (κ2) is 10.3. The summed E-state index contributed by atoms with van der Waals surface area (Å²) in [6.07, 6.45) is 12.3. The fourth-order valence-electron chi connectivity index (χ4n) is 8.29. The number of allylic oxidation sites excluding steroid dienone is 8. The predicted molar refractivity (Wildman–Crippen MR) is 190 cm³/mol. The van der Waals surface area contributed by atoms with Gasteiger partial charge in [-0.3, -0.25) is 0 Å². The molecule has 0 amide bonds. The number of hydrogen-bond acceptors (Lipinski definition) is 1. The molecule has 0 aromatic heterocycles. The van der Waals surface area contributed by atoms with Crippen LogP contribution in [-0.4, -0.2) is 24.4 Å². The smallest absolute Gasteiger partial charge is 0.213 e. The fraction of sp³-hybridized carbons (Fsp3) is 0.293. The van der Waals surface area contributed by atoms with Gasteiger partial charge in [0.15, 0.2) is 5.71 Å².